The second-order valence-corrected chi connectivity index (χ2v) is 9.02. The van der Waals surface area contributed by atoms with Crippen LogP contribution >= 0.6 is 23.8 Å². The summed E-state index contributed by atoms with van der Waals surface area (Å²) in [7, 11) is 0. The minimum Gasteiger partial charge on any atom is -0.352 e. The molecule has 3 aromatic rings. The third kappa shape index (κ3) is 3.97. The average molecular weight is 453 g/mol. The minimum atomic E-state index is 0.0116. The van der Waals surface area contributed by atoms with Gasteiger partial charge in [-0.25, -0.2) is 0 Å². The van der Waals surface area contributed by atoms with Crippen LogP contribution in [0.1, 0.15) is 60.1 Å². The maximum absolute atomic E-state index is 6.32. The molecule has 3 heterocycles. The van der Waals surface area contributed by atoms with Gasteiger partial charge >= 0.3 is 0 Å². The molecule has 2 aromatic heterocycles. The lowest BCUT2D eigenvalue weighted by atomic mass is 9.93. The fraction of sp³-hybridized carbons (Fsp3) is 0.360. The van der Waals surface area contributed by atoms with Crippen molar-refractivity contribution in [3.8, 4) is 5.69 Å². The van der Waals surface area contributed by atoms with E-state index in [1.54, 1.807) is 0 Å². The maximum Gasteiger partial charge on any atom is 0.170 e. The molecule has 2 atom stereocenters. The zero-order chi connectivity index (χ0) is 22.1. The van der Waals surface area contributed by atoms with E-state index in [-0.39, 0.29) is 12.1 Å². The quantitative estimate of drug-likeness (QED) is 0.450. The molecule has 4 nitrogen and oxygen atoms in total. The molecule has 1 saturated heterocycles. The Kier molecular flexibility index (Phi) is 6.35. The molecular formula is C25H29ClN4S. The highest BCUT2D eigenvalue weighted by Gasteiger charge is 2.42. The second-order valence-electron chi connectivity index (χ2n) is 8.20. The molecule has 1 N–H and O–H groups in total. The van der Waals surface area contributed by atoms with E-state index in [1.807, 2.05) is 36.5 Å². The summed E-state index contributed by atoms with van der Waals surface area (Å²) in [4.78, 5) is 7.03. The Labute approximate surface area is 195 Å². The molecule has 0 unspecified atom stereocenters. The molecule has 1 aliphatic rings. The Hall–Kier alpha value is -2.37. The van der Waals surface area contributed by atoms with Gasteiger partial charge < -0.3 is 14.8 Å². The summed E-state index contributed by atoms with van der Waals surface area (Å²) in [6.45, 7) is 9.74. The second kappa shape index (κ2) is 9.01. The van der Waals surface area contributed by atoms with E-state index < -0.39 is 0 Å². The van der Waals surface area contributed by atoms with E-state index in [2.05, 4.69) is 59.6 Å². The van der Waals surface area contributed by atoms with E-state index in [0.717, 1.165) is 40.9 Å². The first-order valence-electron chi connectivity index (χ1n) is 10.9. The topological polar surface area (TPSA) is 33.1 Å². The first-order chi connectivity index (χ1) is 14.9. The maximum atomic E-state index is 6.32. The highest BCUT2D eigenvalue weighted by Crippen LogP contribution is 2.43. The summed E-state index contributed by atoms with van der Waals surface area (Å²) in [6.07, 6.45) is 4.08. The van der Waals surface area contributed by atoms with Crippen LogP contribution in [0.25, 0.3) is 5.69 Å². The van der Waals surface area contributed by atoms with Gasteiger partial charge in [0, 0.05) is 40.4 Å². The lowest BCUT2D eigenvalue weighted by Gasteiger charge is -2.29. The first-order valence-corrected chi connectivity index (χ1v) is 11.6. The van der Waals surface area contributed by atoms with Crippen LogP contribution in [0.4, 0.5) is 0 Å². The number of thiocarbonyl (C=S) groups is 1. The van der Waals surface area contributed by atoms with Crippen molar-refractivity contribution in [1.82, 2.24) is 19.8 Å². The van der Waals surface area contributed by atoms with E-state index in [0.29, 0.717) is 0 Å². The van der Waals surface area contributed by atoms with Gasteiger partial charge in [-0.05, 0) is 75.3 Å². The van der Waals surface area contributed by atoms with Crippen molar-refractivity contribution in [3.63, 3.8) is 0 Å². The van der Waals surface area contributed by atoms with E-state index in [4.69, 9.17) is 23.8 Å². The molecule has 0 aliphatic carbocycles. The number of unbranched alkanes of at least 4 members (excludes halogenated alkanes) is 1. The van der Waals surface area contributed by atoms with E-state index >= 15 is 0 Å². The summed E-state index contributed by atoms with van der Waals surface area (Å²) in [5.41, 5.74) is 7.15. The van der Waals surface area contributed by atoms with E-state index in [9.17, 15) is 0 Å². The van der Waals surface area contributed by atoms with Crippen molar-refractivity contribution in [3.05, 3.63) is 81.9 Å². The van der Waals surface area contributed by atoms with Gasteiger partial charge in [-0.3, -0.25) is 4.98 Å². The van der Waals surface area contributed by atoms with Crippen LogP contribution in [0.2, 0.25) is 5.02 Å². The zero-order valence-corrected chi connectivity index (χ0v) is 20.1. The molecular weight excluding hydrogens is 424 g/mol. The largest absolute Gasteiger partial charge is 0.352 e. The number of nitrogens with one attached hydrogen (secondary N) is 1. The van der Waals surface area contributed by atoms with Crippen LogP contribution < -0.4 is 5.32 Å². The predicted octanol–water partition coefficient (Wildman–Crippen LogP) is 6.22. The third-order valence-electron chi connectivity index (χ3n) is 6.32. The van der Waals surface area contributed by atoms with E-state index in [1.165, 1.54) is 22.5 Å². The number of hydrogen-bond donors (Lipinski definition) is 1. The van der Waals surface area contributed by atoms with Crippen molar-refractivity contribution in [2.24, 2.45) is 0 Å². The Bertz CT molecular complexity index is 1090. The fourth-order valence-corrected chi connectivity index (χ4v) is 5.25. The number of hydrogen-bond acceptors (Lipinski definition) is 2. The molecule has 162 valence electrons. The van der Waals surface area contributed by atoms with Crippen LogP contribution in [0, 0.1) is 20.8 Å². The Morgan fingerprint density at radius 1 is 1.10 bits per heavy atom. The summed E-state index contributed by atoms with van der Waals surface area (Å²) in [6, 6.07) is 14.2. The van der Waals surface area contributed by atoms with Crippen LogP contribution in [0.15, 0.2) is 48.7 Å². The van der Waals surface area contributed by atoms with Crippen LogP contribution in [-0.2, 0) is 0 Å². The van der Waals surface area contributed by atoms with Crippen LogP contribution in [0.5, 0.6) is 0 Å². The molecule has 0 spiro atoms. The molecule has 0 radical (unpaired) electrons. The monoisotopic (exact) mass is 452 g/mol. The number of pyridine rings is 1. The van der Waals surface area contributed by atoms with Gasteiger partial charge in [0.15, 0.2) is 5.11 Å². The molecule has 4 rings (SSSR count). The van der Waals surface area contributed by atoms with Gasteiger partial charge in [-0.2, -0.15) is 0 Å². The Morgan fingerprint density at radius 2 is 1.90 bits per heavy atom. The molecule has 0 bridgehead atoms. The standard InChI is InChI=1S/C25H29ClN4S/c1-5-6-14-29-24(23(28-25(29)31)21-12-7-8-13-27-21)22-16(2)17(3)30(18(22)4)20-11-9-10-19(26)15-20/h7-13,15,23-24H,5-6,14H2,1-4H3,(H,28,31)/t23-,24-/m0/s1. The van der Waals surface area contributed by atoms with Crippen molar-refractivity contribution >= 4 is 28.9 Å². The van der Waals surface area contributed by atoms with Gasteiger partial charge in [0.05, 0.1) is 17.8 Å². The van der Waals surface area contributed by atoms with Gasteiger partial charge in [-0.1, -0.05) is 37.1 Å². The number of nitrogens with zero attached hydrogens (tertiary/aromatic N) is 3. The third-order valence-corrected chi connectivity index (χ3v) is 6.91. The van der Waals surface area contributed by atoms with Gasteiger partial charge in [0.25, 0.3) is 0 Å². The van der Waals surface area contributed by atoms with Crippen molar-refractivity contribution in [2.75, 3.05) is 6.54 Å². The van der Waals surface area contributed by atoms with Crippen molar-refractivity contribution < 1.29 is 0 Å². The molecule has 1 fully saturated rings. The average Bonchev–Trinajstić information content (AvgIpc) is 3.19. The molecule has 31 heavy (non-hydrogen) atoms. The number of benzene rings is 1. The Morgan fingerprint density at radius 3 is 2.58 bits per heavy atom. The molecule has 1 aliphatic heterocycles. The Balaban J connectivity index is 1.88. The van der Waals surface area contributed by atoms with Gasteiger partial charge in [-0.15, -0.1) is 0 Å². The van der Waals surface area contributed by atoms with Crippen LogP contribution in [-0.4, -0.2) is 26.1 Å². The zero-order valence-electron chi connectivity index (χ0n) is 18.5. The van der Waals surface area contributed by atoms with Crippen molar-refractivity contribution in [2.45, 2.75) is 52.6 Å². The highest BCUT2D eigenvalue weighted by atomic mass is 35.5. The predicted molar refractivity (Wildman–Crippen MR) is 132 cm³/mol. The van der Waals surface area contributed by atoms with Gasteiger partial charge in [0.2, 0.25) is 0 Å². The fourth-order valence-electron chi connectivity index (χ4n) is 4.73. The highest BCUT2D eigenvalue weighted by molar-refractivity contribution is 7.80. The summed E-state index contributed by atoms with van der Waals surface area (Å²) in [5, 5.41) is 5.12. The number of rotatable bonds is 6. The molecule has 0 saturated carbocycles. The lowest BCUT2D eigenvalue weighted by Crippen LogP contribution is -2.31. The normalized spacial score (nSPS) is 18.5. The smallest absolute Gasteiger partial charge is 0.170 e. The SMILES string of the molecule is CCCCN1C(=S)N[C@@H](c2ccccn2)[C@@H]1c1c(C)c(C)n(-c2cccc(Cl)c2)c1C. The molecule has 1 aromatic carbocycles. The molecule has 0 amide bonds. The van der Waals surface area contributed by atoms with Crippen LogP contribution in [0.3, 0.4) is 0 Å². The summed E-state index contributed by atoms with van der Waals surface area (Å²) >= 11 is 12.1. The lowest BCUT2D eigenvalue weighted by molar-refractivity contribution is 0.311. The summed E-state index contributed by atoms with van der Waals surface area (Å²) in [5.74, 6) is 0. The number of halogens is 1. The van der Waals surface area contributed by atoms with Gasteiger partial charge in [0.1, 0.15) is 0 Å². The number of aromatic nitrogens is 2. The summed E-state index contributed by atoms with van der Waals surface area (Å²) < 4.78 is 2.31. The minimum absolute atomic E-state index is 0.0116. The van der Waals surface area contributed by atoms with Crippen molar-refractivity contribution in [1.29, 1.82) is 0 Å². The first kappa shape index (κ1) is 21.8. The molecule has 6 heteroatoms.